The summed E-state index contributed by atoms with van der Waals surface area (Å²) in [5.41, 5.74) is 2.26. The van der Waals surface area contributed by atoms with Gasteiger partial charge in [-0.25, -0.2) is 0 Å². The Morgan fingerprint density at radius 3 is 3.00 bits per heavy atom. The average Bonchev–Trinajstić information content (AvgIpc) is 2.54. The number of aryl methyl sites for hydroxylation is 2. The van der Waals surface area contributed by atoms with Gasteiger partial charge in [-0.2, -0.15) is 5.10 Å². The van der Waals surface area contributed by atoms with Gasteiger partial charge in [0.15, 0.2) is 0 Å². The van der Waals surface area contributed by atoms with Crippen molar-refractivity contribution in [1.29, 1.82) is 0 Å². The number of benzene rings is 1. The molecule has 14 heavy (non-hydrogen) atoms. The van der Waals surface area contributed by atoms with E-state index in [0.29, 0.717) is 0 Å². The summed E-state index contributed by atoms with van der Waals surface area (Å²) >= 11 is 0. The van der Waals surface area contributed by atoms with Gasteiger partial charge in [0.25, 0.3) is 0 Å². The lowest BCUT2D eigenvalue weighted by Crippen LogP contribution is -1.91. The van der Waals surface area contributed by atoms with Gasteiger partial charge in [0.05, 0.1) is 11.2 Å². The predicted octanol–water partition coefficient (Wildman–Crippen LogP) is 2.14. The highest BCUT2D eigenvalue weighted by Gasteiger charge is 2.05. The van der Waals surface area contributed by atoms with Crippen LogP contribution in [0.2, 0.25) is 0 Å². The number of fused-ring (bicyclic) bond motifs is 1. The largest absolute Gasteiger partial charge is 0.268 e. The van der Waals surface area contributed by atoms with E-state index in [-0.39, 0.29) is 0 Å². The average molecular weight is 184 g/mol. The first kappa shape index (κ1) is 8.83. The maximum absolute atomic E-state index is 5.24. The van der Waals surface area contributed by atoms with Crippen molar-refractivity contribution in [3.8, 4) is 12.3 Å². The van der Waals surface area contributed by atoms with Crippen LogP contribution in [-0.4, -0.2) is 9.78 Å². The minimum Gasteiger partial charge on any atom is -0.268 e. The summed E-state index contributed by atoms with van der Waals surface area (Å²) in [5.74, 6) is 2.64. The molecule has 1 heterocycles. The lowest BCUT2D eigenvalue weighted by molar-refractivity contribution is 0.763. The fraction of sp³-hybridized carbons (Fsp3) is 0.250. The summed E-state index contributed by atoms with van der Waals surface area (Å²) in [7, 11) is 1.96. The van der Waals surface area contributed by atoms with Crippen LogP contribution in [0.15, 0.2) is 24.3 Å². The zero-order chi connectivity index (χ0) is 9.97. The topological polar surface area (TPSA) is 17.8 Å². The molecule has 0 fully saturated rings. The molecule has 0 aliphatic carbocycles. The molecule has 2 aromatic rings. The number of hydrogen-bond acceptors (Lipinski definition) is 1. The molecule has 0 saturated heterocycles. The summed E-state index contributed by atoms with van der Waals surface area (Å²) in [6, 6.07) is 8.22. The fourth-order valence-corrected chi connectivity index (χ4v) is 1.66. The fourth-order valence-electron chi connectivity index (χ4n) is 1.66. The molecule has 0 radical (unpaired) electrons. The normalized spacial score (nSPS) is 10.3. The van der Waals surface area contributed by atoms with E-state index in [1.165, 1.54) is 10.9 Å². The Balaban J connectivity index is 2.51. The van der Waals surface area contributed by atoms with Gasteiger partial charge in [0.1, 0.15) is 0 Å². The molecule has 0 spiro atoms. The van der Waals surface area contributed by atoms with Gasteiger partial charge in [-0.1, -0.05) is 18.2 Å². The lowest BCUT2D eigenvalue weighted by Gasteiger charge is -1.91. The molecule has 1 aromatic heterocycles. The zero-order valence-electron chi connectivity index (χ0n) is 8.20. The minimum atomic E-state index is 0.751. The Morgan fingerprint density at radius 1 is 1.43 bits per heavy atom. The summed E-state index contributed by atoms with van der Waals surface area (Å²) in [6.07, 6.45) is 6.85. The molecular formula is C12H12N2. The first-order valence-corrected chi connectivity index (χ1v) is 4.67. The maximum atomic E-state index is 5.24. The summed E-state index contributed by atoms with van der Waals surface area (Å²) in [4.78, 5) is 0. The minimum absolute atomic E-state index is 0.751. The van der Waals surface area contributed by atoms with Crippen molar-refractivity contribution in [1.82, 2.24) is 9.78 Å². The molecule has 2 heteroatoms. The first-order chi connectivity index (χ1) is 6.83. The van der Waals surface area contributed by atoms with E-state index in [4.69, 9.17) is 6.42 Å². The third-order valence-corrected chi connectivity index (χ3v) is 2.34. The molecule has 0 saturated carbocycles. The van der Waals surface area contributed by atoms with Gasteiger partial charge in [-0.05, 0) is 6.07 Å². The Kier molecular flexibility index (Phi) is 2.24. The molecule has 0 amide bonds. The highest BCUT2D eigenvalue weighted by atomic mass is 15.3. The van der Waals surface area contributed by atoms with Gasteiger partial charge >= 0.3 is 0 Å². The quantitative estimate of drug-likeness (QED) is 0.654. The van der Waals surface area contributed by atoms with Crippen LogP contribution in [0, 0.1) is 12.3 Å². The number of aromatic nitrogens is 2. The third-order valence-electron chi connectivity index (χ3n) is 2.34. The van der Waals surface area contributed by atoms with Crippen LogP contribution >= 0.6 is 0 Å². The summed E-state index contributed by atoms with van der Waals surface area (Å²) in [5, 5.41) is 5.66. The van der Waals surface area contributed by atoms with Gasteiger partial charge in [0, 0.05) is 25.3 Å². The standard InChI is InChI=1S/C12H12N2/c1-3-4-8-11-10-7-5-6-9-12(10)14(2)13-11/h1,5-7,9H,4,8H2,2H3. The Hall–Kier alpha value is -1.75. The van der Waals surface area contributed by atoms with Gasteiger partial charge in [-0.3, -0.25) is 4.68 Å². The zero-order valence-corrected chi connectivity index (χ0v) is 8.20. The smallest absolute Gasteiger partial charge is 0.0712 e. The van der Waals surface area contributed by atoms with E-state index in [2.05, 4.69) is 23.2 Å². The van der Waals surface area contributed by atoms with Crippen LogP contribution in [0.1, 0.15) is 12.1 Å². The van der Waals surface area contributed by atoms with Crippen molar-refractivity contribution in [2.75, 3.05) is 0 Å². The molecule has 0 unspecified atom stereocenters. The monoisotopic (exact) mass is 184 g/mol. The molecule has 70 valence electrons. The Morgan fingerprint density at radius 2 is 2.21 bits per heavy atom. The highest BCUT2D eigenvalue weighted by Crippen LogP contribution is 2.18. The molecule has 0 N–H and O–H groups in total. The van der Waals surface area contributed by atoms with E-state index < -0.39 is 0 Å². The van der Waals surface area contributed by atoms with Crippen LogP contribution in [-0.2, 0) is 13.5 Å². The van der Waals surface area contributed by atoms with E-state index in [1.807, 2.05) is 23.9 Å². The number of para-hydroxylation sites is 1. The lowest BCUT2D eigenvalue weighted by atomic mass is 10.1. The summed E-state index contributed by atoms with van der Waals surface area (Å²) < 4.78 is 1.90. The summed E-state index contributed by atoms with van der Waals surface area (Å²) in [6.45, 7) is 0. The van der Waals surface area contributed by atoms with Crippen molar-refractivity contribution in [2.45, 2.75) is 12.8 Å². The third kappa shape index (κ3) is 1.38. The van der Waals surface area contributed by atoms with E-state index >= 15 is 0 Å². The molecule has 0 atom stereocenters. The Bertz CT molecular complexity index is 488. The van der Waals surface area contributed by atoms with Crippen molar-refractivity contribution >= 4 is 10.9 Å². The number of nitrogens with zero attached hydrogens (tertiary/aromatic N) is 2. The van der Waals surface area contributed by atoms with E-state index in [1.54, 1.807) is 0 Å². The van der Waals surface area contributed by atoms with Crippen LogP contribution in [0.25, 0.3) is 10.9 Å². The van der Waals surface area contributed by atoms with Crippen LogP contribution in [0.4, 0.5) is 0 Å². The van der Waals surface area contributed by atoms with Crippen molar-refractivity contribution < 1.29 is 0 Å². The first-order valence-electron chi connectivity index (χ1n) is 4.67. The molecule has 2 rings (SSSR count). The number of hydrogen-bond donors (Lipinski definition) is 0. The second kappa shape index (κ2) is 3.55. The highest BCUT2D eigenvalue weighted by molar-refractivity contribution is 5.81. The second-order valence-electron chi connectivity index (χ2n) is 3.29. The van der Waals surface area contributed by atoms with Crippen LogP contribution in [0.3, 0.4) is 0 Å². The van der Waals surface area contributed by atoms with E-state index in [0.717, 1.165) is 18.5 Å². The van der Waals surface area contributed by atoms with Crippen molar-refractivity contribution in [3.05, 3.63) is 30.0 Å². The molecule has 0 aliphatic heterocycles. The van der Waals surface area contributed by atoms with Gasteiger partial charge in [-0.15, -0.1) is 12.3 Å². The van der Waals surface area contributed by atoms with E-state index in [9.17, 15) is 0 Å². The van der Waals surface area contributed by atoms with Gasteiger partial charge in [0.2, 0.25) is 0 Å². The molecule has 0 bridgehead atoms. The molecule has 2 nitrogen and oxygen atoms in total. The van der Waals surface area contributed by atoms with Crippen LogP contribution in [0.5, 0.6) is 0 Å². The molecule has 0 aliphatic rings. The SMILES string of the molecule is C#CCCc1nn(C)c2ccccc12. The predicted molar refractivity (Wildman–Crippen MR) is 57.9 cm³/mol. The van der Waals surface area contributed by atoms with Crippen molar-refractivity contribution in [2.24, 2.45) is 7.05 Å². The number of rotatable bonds is 2. The Labute approximate surface area is 83.5 Å². The number of terminal acetylenes is 1. The second-order valence-corrected chi connectivity index (χ2v) is 3.29. The maximum Gasteiger partial charge on any atom is 0.0712 e. The molecular weight excluding hydrogens is 172 g/mol. The van der Waals surface area contributed by atoms with Gasteiger partial charge < -0.3 is 0 Å². The van der Waals surface area contributed by atoms with Crippen LogP contribution < -0.4 is 0 Å². The molecule has 1 aromatic carbocycles. The van der Waals surface area contributed by atoms with Crippen molar-refractivity contribution in [3.63, 3.8) is 0 Å².